The van der Waals surface area contributed by atoms with Crippen LogP contribution < -0.4 is 15.8 Å². The van der Waals surface area contributed by atoms with E-state index in [1.54, 1.807) is 0 Å². The monoisotopic (exact) mass is 181 g/mol. The molecule has 0 atom stereocenters. The normalized spacial score (nSPS) is 9.38. The molecule has 0 radical (unpaired) electrons. The first-order valence-electron chi connectivity index (χ1n) is 3.70. The van der Waals surface area contributed by atoms with Crippen LogP contribution in [0.4, 0.5) is 5.69 Å². The van der Waals surface area contributed by atoms with Crippen LogP contribution in [0.5, 0.6) is 5.88 Å². The number of nitrogens with one attached hydrogen (secondary N) is 1. The van der Waals surface area contributed by atoms with Crippen molar-refractivity contribution in [1.29, 1.82) is 0 Å². The third kappa shape index (κ3) is 1.87. The maximum absolute atomic E-state index is 11.2. The average molecular weight is 181 g/mol. The van der Waals surface area contributed by atoms with Crippen molar-refractivity contribution < 1.29 is 9.53 Å². The molecular weight excluding hydrogens is 170 g/mol. The molecule has 0 unspecified atom stereocenters. The number of pyridine rings is 1. The van der Waals surface area contributed by atoms with Gasteiger partial charge in [-0.1, -0.05) is 0 Å². The molecule has 1 rings (SSSR count). The largest absolute Gasteiger partial charge is 0.481 e. The number of nitrogens with zero attached hydrogens (tertiary/aromatic N) is 1. The molecule has 0 aliphatic heterocycles. The SMILES string of the molecule is CNC(=O)c1cc(OC)ncc1N. The second-order valence-corrected chi connectivity index (χ2v) is 2.39. The van der Waals surface area contributed by atoms with Crippen LogP contribution in [-0.4, -0.2) is 25.0 Å². The summed E-state index contributed by atoms with van der Waals surface area (Å²) in [7, 11) is 3.01. The molecule has 0 aliphatic rings. The van der Waals surface area contributed by atoms with E-state index in [1.165, 1.54) is 26.4 Å². The summed E-state index contributed by atoms with van der Waals surface area (Å²) < 4.78 is 4.86. The second-order valence-electron chi connectivity index (χ2n) is 2.39. The number of ether oxygens (including phenoxy) is 1. The van der Waals surface area contributed by atoms with Crippen LogP contribution in [0.3, 0.4) is 0 Å². The molecule has 1 aromatic rings. The summed E-state index contributed by atoms with van der Waals surface area (Å²) in [6.45, 7) is 0. The number of methoxy groups -OCH3 is 1. The molecule has 13 heavy (non-hydrogen) atoms. The lowest BCUT2D eigenvalue weighted by molar-refractivity contribution is 0.0963. The van der Waals surface area contributed by atoms with E-state index >= 15 is 0 Å². The zero-order chi connectivity index (χ0) is 9.84. The van der Waals surface area contributed by atoms with Crippen molar-refractivity contribution in [2.75, 3.05) is 19.9 Å². The van der Waals surface area contributed by atoms with Crippen molar-refractivity contribution in [3.8, 4) is 5.88 Å². The lowest BCUT2D eigenvalue weighted by atomic mass is 10.2. The number of nitrogens with two attached hydrogens (primary N) is 1. The van der Waals surface area contributed by atoms with Crippen LogP contribution >= 0.6 is 0 Å². The van der Waals surface area contributed by atoms with E-state index in [-0.39, 0.29) is 5.91 Å². The van der Waals surface area contributed by atoms with Crippen molar-refractivity contribution in [3.63, 3.8) is 0 Å². The van der Waals surface area contributed by atoms with E-state index in [2.05, 4.69) is 10.3 Å². The Morgan fingerprint density at radius 1 is 1.69 bits per heavy atom. The number of aromatic nitrogens is 1. The van der Waals surface area contributed by atoms with E-state index in [4.69, 9.17) is 10.5 Å². The Morgan fingerprint density at radius 2 is 2.38 bits per heavy atom. The van der Waals surface area contributed by atoms with Crippen LogP contribution in [0.1, 0.15) is 10.4 Å². The fraction of sp³-hybridized carbons (Fsp3) is 0.250. The Bertz CT molecular complexity index is 325. The van der Waals surface area contributed by atoms with E-state index in [1.807, 2.05) is 0 Å². The van der Waals surface area contributed by atoms with Crippen LogP contribution in [0.2, 0.25) is 0 Å². The van der Waals surface area contributed by atoms with Crippen LogP contribution in [0.25, 0.3) is 0 Å². The molecule has 0 saturated carbocycles. The van der Waals surface area contributed by atoms with Crippen molar-refractivity contribution in [2.45, 2.75) is 0 Å². The molecule has 1 heterocycles. The number of carbonyl (C=O) groups excluding carboxylic acids is 1. The Labute approximate surface area is 75.9 Å². The molecule has 1 amide bonds. The van der Waals surface area contributed by atoms with Gasteiger partial charge in [-0.25, -0.2) is 4.98 Å². The Morgan fingerprint density at radius 3 is 2.92 bits per heavy atom. The predicted octanol–water partition coefficient (Wildman–Crippen LogP) is 0.0320. The highest BCUT2D eigenvalue weighted by Gasteiger charge is 2.09. The Kier molecular flexibility index (Phi) is 2.69. The molecule has 0 aliphatic carbocycles. The van der Waals surface area contributed by atoms with Gasteiger partial charge in [0.2, 0.25) is 5.88 Å². The van der Waals surface area contributed by atoms with Crippen molar-refractivity contribution in [2.24, 2.45) is 0 Å². The first kappa shape index (κ1) is 9.31. The second kappa shape index (κ2) is 3.75. The molecule has 0 spiro atoms. The van der Waals surface area contributed by atoms with Crippen LogP contribution in [0.15, 0.2) is 12.3 Å². The van der Waals surface area contributed by atoms with E-state index in [9.17, 15) is 4.79 Å². The molecule has 5 nitrogen and oxygen atoms in total. The highest BCUT2D eigenvalue weighted by Crippen LogP contribution is 2.15. The number of rotatable bonds is 2. The minimum atomic E-state index is -0.252. The van der Waals surface area contributed by atoms with Gasteiger partial charge in [-0.15, -0.1) is 0 Å². The summed E-state index contributed by atoms with van der Waals surface area (Å²) in [4.78, 5) is 15.1. The summed E-state index contributed by atoms with van der Waals surface area (Å²) in [5, 5.41) is 2.47. The standard InChI is InChI=1S/C8H11N3O2/c1-10-8(12)5-3-7(13-2)11-4-6(5)9/h3-4H,9H2,1-2H3,(H,10,12). The third-order valence-corrected chi connectivity index (χ3v) is 1.59. The highest BCUT2D eigenvalue weighted by molar-refractivity contribution is 5.99. The molecule has 70 valence electrons. The summed E-state index contributed by atoms with van der Waals surface area (Å²) in [5.41, 5.74) is 6.24. The van der Waals surface area contributed by atoms with Gasteiger partial charge in [0, 0.05) is 13.1 Å². The van der Waals surface area contributed by atoms with Gasteiger partial charge in [0.05, 0.1) is 24.6 Å². The number of anilines is 1. The molecule has 3 N–H and O–H groups in total. The maximum Gasteiger partial charge on any atom is 0.253 e. The van der Waals surface area contributed by atoms with Gasteiger partial charge in [0.25, 0.3) is 5.91 Å². The maximum atomic E-state index is 11.2. The summed E-state index contributed by atoms with van der Waals surface area (Å²) in [6, 6.07) is 1.49. The van der Waals surface area contributed by atoms with Crippen molar-refractivity contribution >= 4 is 11.6 Å². The predicted molar refractivity (Wildman–Crippen MR) is 48.6 cm³/mol. The topological polar surface area (TPSA) is 77.2 Å². The lowest BCUT2D eigenvalue weighted by Crippen LogP contribution is -2.19. The Hall–Kier alpha value is -1.78. The molecular formula is C8H11N3O2. The van der Waals surface area contributed by atoms with Gasteiger partial charge in [0.15, 0.2) is 0 Å². The quantitative estimate of drug-likeness (QED) is 0.674. The number of carbonyl (C=O) groups is 1. The fourth-order valence-corrected chi connectivity index (χ4v) is 0.890. The molecule has 0 fully saturated rings. The van der Waals surface area contributed by atoms with E-state index < -0.39 is 0 Å². The molecule has 0 bridgehead atoms. The smallest absolute Gasteiger partial charge is 0.253 e. The van der Waals surface area contributed by atoms with E-state index in [0.29, 0.717) is 17.1 Å². The zero-order valence-corrected chi connectivity index (χ0v) is 7.50. The molecule has 0 aromatic carbocycles. The first-order valence-corrected chi connectivity index (χ1v) is 3.70. The zero-order valence-electron chi connectivity index (χ0n) is 7.50. The van der Waals surface area contributed by atoms with Crippen molar-refractivity contribution in [3.05, 3.63) is 17.8 Å². The van der Waals surface area contributed by atoms with Gasteiger partial charge in [-0.05, 0) is 0 Å². The average Bonchev–Trinajstić information content (AvgIpc) is 2.17. The van der Waals surface area contributed by atoms with Crippen LogP contribution in [0, 0.1) is 0 Å². The molecule has 0 saturated heterocycles. The number of amides is 1. The number of hydrogen-bond acceptors (Lipinski definition) is 4. The third-order valence-electron chi connectivity index (χ3n) is 1.59. The van der Waals surface area contributed by atoms with Gasteiger partial charge in [-0.3, -0.25) is 4.79 Å². The lowest BCUT2D eigenvalue weighted by Gasteiger charge is -2.05. The number of hydrogen-bond donors (Lipinski definition) is 2. The summed E-state index contributed by atoms with van der Waals surface area (Å²) in [6.07, 6.45) is 1.39. The molecule has 5 heteroatoms. The van der Waals surface area contributed by atoms with E-state index in [0.717, 1.165) is 0 Å². The fourth-order valence-electron chi connectivity index (χ4n) is 0.890. The number of nitrogen functional groups attached to an aromatic ring is 1. The van der Waals surface area contributed by atoms with Crippen molar-refractivity contribution in [1.82, 2.24) is 10.3 Å². The molecule has 1 aromatic heterocycles. The van der Waals surface area contributed by atoms with Gasteiger partial charge in [-0.2, -0.15) is 0 Å². The summed E-state index contributed by atoms with van der Waals surface area (Å²) in [5.74, 6) is 0.117. The first-order chi connectivity index (χ1) is 6.19. The van der Waals surface area contributed by atoms with Gasteiger partial charge >= 0.3 is 0 Å². The van der Waals surface area contributed by atoms with Crippen LogP contribution in [-0.2, 0) is 0 Å². The summed E-state index contributed by atoms with van der Waals surface area (Å²) >= 11 is 0. The van der Waals surface area contributed by atoms with Gasteiger partial charge < -0.3 is 15.8 Å². The highest BCUT2D eigenvalue weighted by atomic mass is 16.5. The minimum absolute atomic E-state index is 0.252. The van der Waals surface area contributed by atoms with Gasteiger partial charge in [0.1, 0.15) is 0 Å². The Balaban J connectivity index is 3.11. The minimum Gasteiger partial charge on any atom is -0.481 e.